The van der Waals surface area contributed by atoms with E-state index in [1.54, 1.807) is 7.11 Å². The van der Waals surface area contributed by atoms with Crippen LogP contribution in [0.5, 0.6) is 0 Å². The van der Waals surface area contributed by atoms with Gasteiger partial charge < -0.3 is 10.5 Å². The topological polar surface area (TPSA) is 81.4 Å². The summed E-state index contributed by atoms with van der Waals surface area (Å²) in [6, 6.07) is 0.0674. The number of methoxy groups -OCH3 is 1. The molecule has 0 radical (unpaired) electrons. The molecule has 90 valence electrons. The molecule has 1 fully saturated rings. The average molecular weight is 236 g/mol. The van der Waals surface area contributed by atoms with Crippen molar-refractivity contribution in [2.24, 2.45) is 5.73 Å². The van der Waals surface area contributed by atoms with Crippen molar-refractivity contribution in [2.75, 3.05) is 19.4 Å². The third-order valence-electron chi connectivity index (χ3n) is 2.64. The summed E-state index contributed by atoms with van der Waals surface area (Å²) >= 11 is 0. The number of unbranched alkanes of at least 4 members (excludes halogenated alkanes) is 1. The molecule has 0 bridgehead atoms. The highest BCUT2D eigenvalue weighted by molar-refractivity contribution is 7.89. The van der Waals surface area contributed by atoms with Crippen LogP contribution >= 0.6 is 0 Å². The van der Waals surface area contributed by atoms with E-state index in [-0.39, 0.29) is 17.9 Å². The van der Waals surface area contributed by atoms with Crippen LogP contribution in [0, 0.1) is 0 Å². The molecule has 15 heavy (non-hydrogen) atoms. The first-order valence-electron chi connectivity index (χ1n) is 5.30. The summed E-state index contributed by atoms with van der Waals surface area (Å²) < 4.78 is 30.8. The van der Waals surface area contributed by atoms with Gasteiger partial charge in [-0.1, -0.05) is 0 Å². The molecule has 0 saturated heterocycles. The fraction of sp³-hybridized carbons (Fsp3) is 1.00. The monoisotopic (exact) mass is 236 g/mol. The first-order valence-corrected chi connectivity index (χ1v) is 6.95. The van der Waals surface area contributed by atoms with Gasteiger partial charge in [0.25, 0.3) is 0 Å². The van der Waals surface area contributed by atoms with Crippen LogP contribution < -0.4 is 10.5 Å². The lowest BCUT2D eigenvalue weighted by Crippen LogP contribution is -2.48. The van der Waals surface area contributed by atoms with Crippen molar-refractivity contribution in [3.8, 4) is 0 Å². The van der Waals surface area contributed by atoms with Gasteiger partial charge in [0.15, 0.2) is 0 Å². The zero-order valence-corrected chi connectivity index (χ0v) is 9.92. The molecular weight excluding hydrogens is 216 g/mol. The van der Waals surface area contributed by atoms with Crippen LogP contribution in [0.3, 0.4) is 0 Å². The Labute approximate surface area is 91.4 Å². The molecule has 0 aromatic heterocycles. The van der Waals surface area contributed by atoms with Crippen LogP contribution in [-0.2, 0) is 14.8 Å². The quantitative estimate of drug-likeness (QED) is 0.601. The second-order valence-corrected chi connectivity index (χ2v) is 5.83. The van der Waals surface area contributed by atoms with Crippen LogP contribution in [-0.4, -0.2) is 40.0 Å². The molecule has 0 atom stereocenters. The Hall–Kier alpha value is -0.170. The minimum atomic E-state index is -3.11. The highest BCUT2D eigenvalue weighted by Crippen LogP contribution is 2.23. The molecule has 0 spiro atoms. The molecule has 0 aliphatic heterocycles. The van der Waals surface area contributed by atoms with Gasteiger partial charge in [0.2, 0.25) is 10.0 Å². The molecule has 0 amide bonds. The SMILES string of the molecule is COC1CC(NS(=O)(=O)CCCCN)C1. The Morgan fingerprint density at radius 3 is 2.60 bits per heavy atom. The summed E-state index contributed by atoms with van der Waals surface area (Å²) in [6.07, 6.45) is 3.18. The second-order valence-electron chi connectivity index (χ2n) is 3.96. The third kappa shape index (κ3) is 4.46. The maximum absolute atomic E-state index is 11.5. The predicted molar refractivity (Wildman–Crippen MR) is 59.0 cm³/mol. The summed E-state index contributed by atoms with van der Waals surface area (Å²) in [4.78, 5) is 0. The number of hydrogen-bond acceptors (Lipinski definition) is 4. The average Bonchev–Trinajstić information content (AvgIpc) is 2.11. The Morgan fingerprint density at radius 1 is 1.40 bits per heavy atom. The van der Waals surface area contributed by atoms with E-state index in [4.69, 9.17) is 10.5 Å². The van der Waals surface area contributed by atoms with Crippen molar-refractivity contribution in [1.29, 1.82) is 0 Å². The fourth-order valence-electron chi connectivity index (χ4n) is 1.60. The lowest BCUT2D eigenvalue weighted by molar-refractivity contribution is 0.0236. The van der Waals surface area contributed by atoms with Crippen LogP contribution in [0.2, 0.25) is 0 Å². The summed E-state index contributed by atoms with van der Waals surface area (Å²) in [5.41, 5.74) is 5.30. The Bertz CT molecular complexity index is 273. The van der Waals surface area contributed by atoms with Crippen LogP contribution in [0.25, 0.3) is 0 Å². The van der Waals surface area contributed by atoms with Gasteiger partial charge in [0.05, 0.1) is 11.9 Å². The number of nitrogens with two attached hydrogens (primary N) is 1. The molecule has 0 heterocycles. The Kier molecular flexibility index (Phi) is 4.98. The van der Waals surface area contributed by atoms with E-state index in [9.17, 15) is 8.42 Å². The molecule has 0 unspecified atom stereocenters. The molecule has 1 aliphatic rings. The van der Waals surface area contributed by atoms with Gasteiger partial charge in [-0.25, -0.2) is 13.1 Å². The number of sulfonamides is 1. The zero-order chi connectivity index (χ0) is 11.3. The standard InChI is InChI=1S/C9H20N2O3S/c1-14-9-6-8(7-9)11-15(12,13)5-3-2-4-10/h8-9,11H,2-7,10H2,1H3. The van der Waals surface area contributed by atoms with Crippen molar-refractivity contribution < 1.29 is 13.2 Å². The minimum Gasteiger partial charge on any atom is -0.381 e. The molecule has 6 heteroatoms. The van der Waals surface area contributed by atoms with Gasteiger partial charge in [-0.3, -0.25) is 0 Å². The fourth-order valence-corrected chi connectivity index (χ4v) is 3.01. The van der Waals surface area contributed by atoms with E-state index in [1.165, 1.54) is 0 Å². The van der Waals surface area contributed by atoms with Crippen molar-refractivity contribution in [3.05, 3.63) is 0 Å². The van der Waals surface area contributed by atoms with Gasteiger partial charge in [0, 0.05) is 13.2 Å². The molecular formula is C9H20N2O3S. The van der Waals surface area contributed by atoms with Crippen LogP contribution in [0.4, 0.5) is 0 Å². The van der Waals surface area contributed by atoms with E-state index in [1.807, 2.05) is 0 Å². The van der Waals surface area contributed by atoms with Gasteiger partial charge >= 0.3 is 0 Å². The minimum absolute atomic E-state index is 0.0674. The molecule has 1 saturated carbocycles. The molecule has 0 aromatic carbocycles. The Morgan fingerprint density at radius 2 is 2.07 bits per heavy atom. The molecule has 5 nitrogen and oxygen atoms in total. The summed E-state index contributed by atoms with van der Waals surface area (Å²) in [5.74, 6) is 0.179. The van der Waals surface area contributed by atoms with Gasteiger partial charge in [-0.15, -0.1) is 0 Å². The zero-order valence-electron chi connectivity index (χ0n) is 9.11. The Balaban J connectivity index is 2.19. The van der Waals surface area contributed by atoms with Gasteiger partial charge in [-0.05, 0) is 32.2 Å². The maximum atomic E-state index is 11.5. The number of ether oxygens (including phenoxy) is 1. The number of rotatable bonds is 7. The molecule has 1 aliphatic carbocycles. The third-order valence-corrected chi connectivity index (χ3v) is 4.16. The van der Waals surface area contributed by atoms with Gasteiger partial charge in [-0.2, -0.15) is 0 Å². The first kappa shape index (κ1) is 12.9. The maximum Gasteiger partial charge on any atom is 0.211 e. The largest absolute Gasteiger partial charge is 0.381 e. The van der Waals surface area contributed by atoms with Gasteiger partial charge in [0.1, 0.15) is 0 Å². The summed E-state index contributed by atoms with van der Waals surface area (Å²) in [7, 11) is -1.46. The summed E-state index contributed by atoms with van der Waals surface area (Å²) in [5, 5.41) is 0. The number of hydrogen-bond donors (Lipinski definition) is 2. The van der Waals surface area contributed by atoms with E-state index in [0.29, 0.717) is 13.0 Å². The van der Waals surface area contributed by atoms with E-state index in [2.05, 4.69) is 4.72 Å². The van der Waals surface area contributed by atoms with Crippen molar-refractivity contribution >= 4 is 10.0 Å². The molecule has 3 N–H and O–H groups in total. The molecule has 0 aromatic rings. The highest BCUT2D eigenvalue weighted by Gasteiger charge is 2.31. The second kappa shape index (κ2) is 5.79. The highest BCUT2D eigenvalue weighted by atomic mass is 32.2. The van der Waals surface area contributed by atoms with E-state index < -0.39 is 10.0 Å². The summed E-state index contributed by atoms with van der Waals surface area (Å²) in [6.45, 7) is 0.546. The normalized spacial score (nSPS) is 26.3. The van der Waals surface area contributed by atoms with Crippen molar-refractivity contribution in [1.82, 2.24) is 4.72 Å². The first-order chi connectivity index (χ1) is 7.07. The molecule has 1 rings (SSSR count). The van der Waals surface area contributed by atoms with Crippen molar-refractivity contribution in [2.45, 2.75) is 37.8 Å². The lowest BCUT2D eigenvalue weighted by atomic mass is 9.90. The van der Waals surface area contributed by atoms with E-state index >= 15 is 0 Å². The lowest BCUT2D eigenvalue weighted by Gasteiger charge is -2.34. The van der Waals surface area contributed by atoms with Crippen LogP contribution in [0.15, 0.2) is 0 Å². The smallest absolute Gasteiger partial charge is 0.211 e. The predicted octanol–water partition coefficient (Wildman–Crippen LogP) is -0.178. The van der Waals surface area contributed by atoms with Crippen LogP contribution in [0.1, 0.15) is 25.7 Å². The van der Waals surface area contributed by atoms with E-state index in [0.717, 1.165) is 19.3 Å². The number of nitrogens with one attached hydrogen (secondary N) is 1. The van der Waals surface area contributed by atoms with Crippen molar-refractivity contribution in [3.63, 3.8) is 0 Å².